The van der Waals surface area contributed by atoms with Crippen LogP contribution in [0, 0.1) is 5.82 Å². The van der Waals surface area contributed by atoms with Crippen LogP contribution in [0.5, 0.6) is 0 Å². The summed E-state index contributed by atoms with van der Waals surface area (Å²) < 4.78 is 19.2. The molecule has 1 aliphatic rings. The highest BCUT2D eigenvalue weighted by Gasteiger charge is 2.39. The van der Waals surface area contributed by atoms with Gasteiger partial charge in [0.1, 0.15) is 5.82 Å². The third-order valence-electron chi connectivity index (χ3n) is 4.11. The van der Waals surface area contributed by atoms with Crippen LogP contribution >= 0.6 is 0 Å². The van der Waals surface area contributed by atoms with Gasteiger partial charge in [-0.05, 0) is 24.5 Å². The van der Waals surface area contributed by atoms with E-state index in [9.17, 15) is 4.39 Å². The minimum atomic E-state index is -0.374. The van der Waals surface area contributed by atoms with Gasteiger partial charge in [-0.15, -0.1) is 0 Å². The summed E-state index contributed by atoms with van der Waals surface area (Å²) in [5.74, 6) is 5.37. The van der Waals surface area contributed by atoms with E-state index in [-0.39, 0.29) is 17.5 Å². The van der Waals surface area contributed by atoms with Crippen molar-refractivity contribution in [1.82, 2.24) is 10.4 Å². The molecule has 0 spiro atoms. The Hall–Kier alpha value is -1.04. The fourth-order valence-electron chi connectivity index (χ4n) is 3.08. The molecule has 1 aromatic heterocycles. The van der Waals surface area contributed by atoms with Crippen LogP contribution in [0.4, 0.5) is 4.39 Å². The molecule has 19 heavy (non-hydrogen) atoms. The Morgan fingerprint density at radius 1 is 1.32 bits per heavy atom. The fourth-order valence-corrected chi connectivity index (χ4v) is 3.08. The zero-order valence-electron chi connectivity index (χ0n) is 11.4. The van der Waals surface area contributed by atoms with Gasteiger partial charge in [-0.25, -0.2) is 4.39 Å². The molecule has 0 saturated heterocycles. The van der Waals surface area contributed by atoms with Gasteiger partial charge < -0.3 is 4.74 Å². The zero-order chi connectivity index (χ0) is 13.7. The highest BCUT2D eigenvalue weighted by molar-refractivity contribution is 5.19. The first-order chi connectivity index (χ1) is 9.22. The van der Waals surface area contributed by atoms with E-state index in [0.717, 1.165) is 31.2 Å². The lowest BCUT2D eigenvalue weighted by Gasteiger charge is -2.39. The molecule has 1 aliphatic carbocycles. The van der Waals surface area contributed by atoms with Gasteiger partial charge >= 0.3 is 0 Å². The van der Waals surface area contributed by atoms with Crippen LogP contribution in [0.3, 0.4) is 0 Å². The fraction of sp³-hybridized carbons (Fsp3) is 0.643. The van der Waals surface area contributed by atoms with Crippen molar-refractivity contribution in [3.8, 4) is 0 Å². The lowest BCUT2D eigenvalue weighted by Crippen LogP contribution is -2.48. The number of hydrogen-bond donors (Lipinski definition) is 2. The van der Waals surface area contributed by atoms with Crippen LogP contribution in [-0.4, -0.2) is 17.7 Å². The van der Waals surface area contributed by atoms with Crippen molar-refractivity contribution in [2.45, 2.75) is 50.2 Å². The summed E-state index contributed by atoms with van der Waals surface area (Å²) in [5, 5.41) is 0. The lowest BCUT2D eigenvalue weighted by atomic mass is 9.83. The molecule has 0 amide bonds. The Morgan fingerprint density at radius 2 is 2.00 bits per heavy atom. The average Bonchev–Trinajstić information content (AvgIpc) is 2.66. The predicted molar refractivity (Wildman–Crippen MR) is 71.7 cm³/mol. The van der Waals surface area contributed by atoms with Gasteiger partial charge in [0.15, 0.2) is 0 Å². The van der Waals surface area contributed by atoms with Crippen molar-refractivity contribution in [2.24, 2.45) is 5.84 Å². The summed E-state index contributed by atoms with van der Waals surface area (Å²) in [7, 11) is 1.71. The van der Waals surface area contributed by atoms with E-state index in [1.165, 1.54) is 25.1 Å². The minimum absolute atomic E-state index is 0.237. The maximum absolute atomic E-state index is 13.4. The first-order valence-electron chi connectivity index (χ1n) is 6.83. The maximum atomic E-state index is 13.4. The molecule has 0 bridgehead atoms. The molecule has 106 valence electrons. The second-order valence-electron chi connectivity index (χ2n) is 5.22. The molecule has 2 rings (SSSR count). The monoisotopic (exact) mass is 267 g/mol. The molecule has 0 aromatic carbocycles. The van der Waals surface area contributed by atoms with Crippen LogP contribution in [-0.2, 0) is 4.74 Å². The van der Waals surface area contributed by atoms with E-state index in [1.807, 2.05) is 0 Å². The van der Waals surface area contributed by atoms with Crippen LogP contribution < -0.4 is 11.3 Å². The third-order valence-corrected chi connectivity index (χ3v) is 4.11. The van der Waals surface area contributed by atoms with Gasteiger partial charge in [0.25, 0.3) is 0 Å². The number of nitrogens with two attached hydrogens (primary N) is 1. The Balaban J connectivity index is 2.32. The van der Waals surface area contributed by atoms with Gasteiger partial charge in [0.05, 0.1) is 17.8 Å². The molecule has 4 nitrogen and oxygen atoms in total. The van der Waals surface area contributed by atoms with Crippen LogP contribution in [0.2, 0.25) is 0 Å². The van der Waals surface area contributed by atoms with Crippen LogP contribution in [0.15, 0.2) is 18.5 Å². The first-order valence-corrected chi connectivity index (χ1v) is 6.83. The lowest BCUT2D eigenvalue weighted by molar-refractivity contribution is -0.0542. The summed E-state index contributed by atoms with van der Waals surface area (Å²) in [5.41, 5.74) is 3.17. The van der Waals surface area contributed by atoms with Gasteiger partial charge in [-0.1, -0.05) is 25.7 Å². The number of ether oxygens (including phenoxy) is 1. The van der Waals surface area contributed by atoms with Gasteiger partial charge in [0.2, 0.25) is 0 Å². The summed E-state index contributed by atoms with van der Waals surface area (Å²) in [4.78, 5) is 3.91. The number of pyridine rings is 1. The summed E-state index contributed by atoms with van der Waals surface area (Å²) >= 11 is 0. The molecule has 5 heteroatoms. The van der Waals surface area contributed by atoms with E-state index in [2.05, 4.69) is 10.4 Å². The van der Waals surface area contributed by atoms with Crippen molar-refractivity contribution in [3.05, 3.63) is 29.8 Å². The Kier molecular flexibility index (Phi) is 4.85. The molecule has 1 heterocycles. The van der Waals surface area contributed by atoms with Crippen molar-refractivity contribution < 1.29 is 9.13 Å². The van der Waals surface area contributed by atoms with Crippen LogP contribution in [0.1, 0.15) is 50.1 Å². The van der Waals surface area contributed by atoms with Gasteiger partial charge in [-0.3, -0.25) is 16.3 Å². The maximum Gasteiger partial charge on any atom is 0.141 e. The third kappa shape index (κ3) is 3.11. The predicted octanol–water partition coefficient (Wildman–Crippen LogP) is 2.46. The molecule has 1 fully saturated rings. The van der Waals surface area contributed by atoms with E-state index in [0.29, 0.717) is 0 Å². The largest absolute Gasteiger partial charge is 0.376 e. The van der Waals surface area contributed by atoms with Gasteiger partial charge in [-0.2, -0.15) is 0 Å². The zero-order valence-corrected chi connectivity index (χ0v) is 11.4. The second kappa shape index (κ2) is 6.41. The Bertz CT molecular complexity index is 405. The average molecular weight is 267 g/mol. The SMILES string of the molecule is COC1(C(NN)c2cncc(F)c2)CCCCCC1. The standard InChI is InChI=1S/C14H22FN3O/c1-19-14(6-4-2-3-5-7-14)13(18-16)11-8-12(15)10-17-9-11/h8-10,13,18H,2-7,16H2,1H3. The molecule has 1 atom stereocenters. The number of hydrazine groups is 1. The molecular formula is C14H22FN3O. The number of rotatable bonds is 4. The number of nitrogens with one attached hydrogen (secondary N) is 1. The number of hydrogen-bond acceptors (Lipinski definition) is 4. The first kappa shape index (κ1) is 14.4. The summed E-state index contributed by atoms with van der Waals surface area (Å²) in [6.45, 7) is 0. The quantitative estimate of drug-likeness (QED) is 0.500. The molecule has 0 radical (unpaired) electrons. The molecule has 0 aliphatic heterocycles. The second-order valence-corrected chi connectivity index (χ2v) is 5.22. The Labute approximate surface area is 113 Å². The molecule has 1 aromatic rings. The summed E-state index contributed by atoms with van der Waals surface area (Å²) in [6.07, 6.45) is 9.34. The van der Waals surface area contributed by atoms with Crippen molar-refractivity contribution in [1.29, 1.82) is 0 Å². The topological polar surface area (TPSA) is 60.2 Å². The highest BCUT2D eigenvalue weighted by atomic mass is 19.1. The van der Waals surface area contributed by atoms with E-state index >= 15 is 0 Å². The normalized spacial score (nSPS) is 20.8. The van der Waals surface area contributed by atoms with Crippen molar-refractivity contribution >= 4 is 0 Å². The highest BCUT2D eigenvalue weighted by Crippen LogP contribution is 2.39. The van der Waals surface area contributed by atoms with E-state index < -0.39 is 0 Å². The van der Waals surface area contributed by atoms with Gasteiger partial charge in [0, 0.05) is 13.3 Å². The summed E-state index contributed by atoms with van der Waals surface area (Å²) in [6, 6.07) is 1.24. The number of halogens is 1. The van der Waals surface area contributed by atoms with Crippen molar-refractivity contribution in [2.75, 3.05) is 7.11 Å². The van der Waals surface area contributed by atoms with Crippen LogP contribution in [0.25, 0.3) is 0 Å². The number of nitrogens with zero attached hydrogens (tertiary/aromatic N) is 1. The number of aromatic nitrogens is 1. The van der Waals surface area contributed by atoms with E-state index in [1.54, 1.807) is 13.3 Å². The van der Waals surface area contributed by atoms with E-state index in [4.69, 9.17) is 10.6 Å². The molecule has 1 saturated carbocycles. The van der Waals surface area contributed by atoms with Crippen molar-refractivity contribution in [3.63, 3.8) is 0 Å². The Morgan fingerprint density at radius 3 is 2.53 bits per heavy atom. The minimum Gasteiger partial charge on any atom is -0.376 e. The smallest absolute Gasteiger partial charge is 0.141 e. The number of methoxy groups -OCH3 is 1. The molecule has 1 unspecified atom stereocenters. The molecule has 3 N–H and O–H groups in total. The molecular weight excluding hydrogens is 245 g/mol.